The molecule has 0 aromatic heterocycles. The minimum Gasteiger partial charge on any atom is -0.378 e. The molecule has 1 N–H and O–H groups in total. The van der Waals surface area contributed by atoms with Crippen molar-refractivity contribution in [2.75, 3.05) is 19.0 Å². The molecule has 1 aromatic carbocycles. The first-order chi connectivity index (χ1) is 8.93. The first-order valence-electron chi connectivity index (χ1n) is 6.40. The first-order valence-corrected chi connectivity index (χ1v) is 6.40. The lowest BCUT2D eigenvalue weighted by atomic mass is 9.96. The summed E-state index contributed by atoms with van der Waals surface area (Å²) in [4.78, 5) is 13.7. The summed E-state index contributed by atoms with van der Waals surface area (Å²) >= 11 is 0. The molecule has 0 spiro atoms. The Bertz CT molecular complexity index is 457. The van der Waals surface area contributed by atoms with Gasteiger partial charge in [0.2, 0.25) is 5.91 Å². The molecular weight excluding hydrogens is 238 g/mol. The third kappa shape index (κ3) is 4.63. The fourth-order valence-electron chi connectivity index (χ4n) is 1.81. The number of benzene rings is 1. The molecule has 19 heavy (non-hydrogen) atoms. The Morgan fingerprint density at radius 3 is 2.32 bits per heavy atom. The van der Waals surface area contributed by atoms with Crippen molar-refractivity contribution in [3.63, 3.8) is 0 Å². The van der Waals surface area contributed by atoms with E-state index in [4.69, 9.17) is 0 Å². The lowest BCUT2D eigenvalue weighted by Crippen LogP contribution is -2.31. The van der Waals surface area contributed by atoms with Gasteiger partial charge in [-0.1, -0.05) is 12.1 Å². The van der Waals surface area contributed by atoms with E-state index in [1.807, 2.05) is 57.1 Å². The van der Waals surface area contributed by atoms with Crippen LogP contribution in [0, 0.1) is 11.3 Å². The SMILES string of the molecule is CC(C)NC(=O)CC(C#N)c1ccc(N(C)C)cc1. The number of nitrogens with zero attached hydrogens (tertiary/aromatic N) is 2. The molecule has 1 unspecified atom stereocenters. The Kier molecular flexibility index (Phi) is 5.37. The maximum atomic E-state index is 11.7. The van der Waals surface area contributed by atoms with Crippen LogP contribution in [0.15, 0.2) is 24.3 Å². The van der Waals surface area contributed by atoms with Gasteiger partial charge in [-0.05, 0) is 31.5 Å². The zero-order chi connectivity index (χ0) is 14.4. The summed E-state index contributed by atoms with van der Waals surface area (Å²) in [7, 11) is 3.93. The molecule has 0 saturated heterocycles. The molecule has 0 bridgehead atoms. The van der Waals surface area contributed by atoms with Gasteiger partial charge in [0.1, 0.15) is 0 Å². The predicted octanol–water partition coefficient (Wildman–Crippen LogP) is 2.27. The van der Waals surface area contributed by atoms with Gasteiger partial charge in [-0.25, -0.2) is 0 Å². The molecule has 0 aliphatic carbocycles. The molecule has 0 heterocycles. The van der Waals surface area contributed by atoms with Gasteiger partial charge in [0.05, 0.1) is 12.0 Å². The van der Waals surface area contributed by atoms with Crippen LogP contribution in [0.2, 0.25) is 0 Å². The number of carbonyl (C=O) groups is 1. The van der Waals surface area contributed by atoms with Gasteiger partial charge in [-0.2, -0.15) is 5.26 Å². The summed E-state index contributed by atoms with van der Waals surface area (Å²) in [6.07, 6.45) is 0.204. The molecule has 0 aliphatic rings. The quantitative estimate of drug-likeness (QED) is 0.882. The topological polar surface area (TPSA) is 56.1 Å². The standard InChI is InChI=1S/C15H21N3O/c1-11(2)17-15(19)9-13(10-16)12-5-7-14(8-6-12)18(3)4/h5-8,11,13H,9H2,1-4H3,(H,17,19). The zero-order valence-electron chi connectivity index (χ0n) is 12.0. The third-order valence-corrected chi connectivity index (χ3v) is 2.81. The second-order valence-electron chi connectivity index (χ2n) is 5.09. The highest BCUT2D eigenvalue weighted by molar-refractivity contribution is 5.77. The van der Waals surface area contributed by atoms with Gasteiger partial charge >= 0.3 is 0 Å². The average Bonchev–Trinajstić information content (AvgIpc) is 2.35. The molecule has 1 atom stereocenters. The summed E-state index contributed by atoms with van der Waals surface area (Å²) in [5, 5.41) is 12.0. The van der Waals surface area contributed by atoms with Crippen molar-refractivity contribution in [3.8, 4) is 6.07 Å². The maximum absolute atomic E-state index is 11.7. The van der Waals surface area contributed by atoms with E-state index in [1.54, 1.807) is 0 Å². The van der Waals surface area contributed by atoms with Crippen LogP contribution in [-0.2, 0) is 4.79 Å². The Hall–Kier alpha value is -2.02. The van der Waals surface area contributed by atoms with Gasteiger partial charge in [-0.15, -0.1) is 0 Å². The van der Waals surface area contributed by atoms with E-state index in [0.717, 1.165) is 11.3 Å². The van der Waals surface area contributed by atoms with E-state index in [0.29, 0.717) is 0 Å². The number of hydrogen-bond donors (Lipinski definition) is 1. The minimum absolute atomic E-state index is 0.0850. The van der Waals surface area contributed by atoms with E-state index in [9.17, 15) is 10.1 Å². The molecule has 0 aliphatic heterocycles. The lowest BCUT2D eigenvalue weighted by molar-refractivity contribution is -0.121. The highest BCUT2D eigenvalue weighted by Crippen LogP contribution is 2.21. The van der Waals surface area contributed by atoms with Gasteiger partial charge in [0.25, 0.3) is 0 Å². The average molecular weight is 259 g/mol. The van der Waals surface area contributed by atoms with Crippen LogP contribution in [0.5, 0.6) is 0 Å². The molecule has 1 rings (SSSR count). The monoisotopic (exact) mass is 259 g/mol. The molecule has 4 heteroatoms. The molecule has 0 saturated carbocycles. The molecule has 0 radical (unpaired) electrons. The number of carbonyl (C=O) groups excluding carboxylic acids is 1. The van der Waals surface area contributed by atoms with Crippen molar-refractivity contribution in [1.29, 1.82) is 5.26 Å². The third-order valence-electron chi connectivity index (χ3n) is 2.81. The van der Waals surface area contributed by atoms with Crippen LogP contribution >= 0.6 is 0 Å². The lowest BCUT2D eigenvalue weighted by Gasteiger charge is -2.15. The second-order valence-corrected chi connectivity index (χ2v) is 5.09. The van der Waals surface area contributed by atoms with Crippen molar-refractivity contribution in [2.45, 2.75) is 32.2 Å². The summed E-state index contributed by atoms with van der Waals surface area (Å²) in [5.41, 5.74) is 1.96. The molecule has 0 fully saturated rings. The summed E-state index contributed by atoms with van der Waals surface area (Å²) in [6, 6.07) is 10.0. The Balaban J connectivity index is 2.75. The van der Waals surface area contributed by atoms with Gasteiger partial charge in [-0.3, -0.25) is 4.79 Å². The first kappa shape index (κ1) is 15.0. The Morgan fingerprint density at radius 2 is 1.89 bits per heavy atom. The second kappa shape index (κ2) is 6.79. The van der Waals surface area contributed by atoms with E-state index in [-0.39, 0.29) is 18.4 Å². The highest BCUT2D eigenvalue weighted by atomic mass is 16.1. The summed E-state index contributed by atoms with van der Waals surface area (Å²) in [6.45, 7) is 3.82. The predicted molar refractivity (Wildman–Crippen MR) is 77.0 cm³/mol. The largest absolute Gasteiger partial charge is 0.378 e. The normalized spacial score (nSPS) is 11.8. The van der Waals surface area contributed by atoms with Crippen molar-refractivity contribution in [2.24, 2.45) is 0 Å². The number of amides is 1. The number of nitrogens with one attached hydrogen (secondary N) is 1. The number of rotatable bonds is 5. The van der Waals surface area contributed by atoms with Crippen LogP contribution in [0.3, 0.4) is 0 Å². The van der Waals surface area contributed by atoms with Crippen molar-refractivity contribution < 1.29 is 4.79 Å². The smallest absolute Gasteiger partial charge is 0.221 e. The maximum Gasteiger partial charge on any atom is 0.221 e. The van der Waals surface area contributed by atoms with Crippen LogP contribution in [0.25, 0.3) is 0 Å². The van der Waals surface area contributed by atoms with Gasteiger partial charge in [0.15, 0.2) is 0 Å². The van der Waals surface area contributed by atoms with Crippen molar-refractivity contribution in [3.05, 3.63) is 29.8 Å². The Morgan fingerprint density at radius 1 is 1.32 bits per heavy atom. The van der Waals surface area contributed by atoms with E-state index in [1.165, 1.54) is 0 Å². The number of anilines is 1. The Labute approximate surface area is 115 Å². The fraction of sp³-hybridized carbons (Fsp3) is 0.467. The highest BCUT2D eigenvalue weighted by Gasteiger charge is 2.16. The zero-order valence-corrected chi connectivity index (χ0v) is 12.0. The molecule has 1 aromatic rings. The fourth-order valence-corrected chi connectivity index (χ4v) is 1.81. The van der Waals surface area contributed by atoms with Crippen LogP contribution in [-0.4, -0.2) is 26.0 Å². The molecule has 4 nitrogen and oxygen atoms in total. The molecule has 1 amide bonds. The van der Waals surface area contributed by atoms with Gasteiger partial charge in [0, 0.05) is 32.2 Å². The summed E-state index contributed by atoms with van der Waals surface area (Å²) < 4.78 is 0. The molecule has 102 valence electrons. The van der Waals surface area contributed by atoms with Crippen LogP contribution < -0.4 is 10.2 Å². The van der Waals surface area contributed by atoms with Crippen LogP contribution in [0.4, 0.5) is 5.69 Å². The van der Waals surface area contributed by atoms with Crippen molar-refractivity contribution >= 4 is 11.6 Å². The van der Waals surface area contributed by atoms with Crippen molar-refractivity contribution in [1.82, 2.24) is 5.32 Å². The number of nitriles is 1. The van der Waals surface area contributed by atoms with Gasteiger partial charge < -0.3 is 10.2 Å². The van der Waals surface area contributed by atoms with E-state index >= 15 is 0 Å². The van der Waals surface area contributed by atoms with E-state index in [2.05, 4.69) is 11.4 Å². The molecular formula is C15H21N3O. The van der Waals surface area contributed by atoms with E-state index < -0.39 is 5.92 Å². The minimum atomic E-state index is -0.394. The number of hydrogen-bond acceptors (Lipinski definition) is 3. The summed E-state index contributed by atoms with van der Waals surface area (Å²) in [5.74, 6) is -0.479. The van der Waals surface area contributed by atoms with Crippen LogP contribution in [0.1, 0.15) is 31.7 Å².